The highest BCUT2D eigenvalue weighted by atomic mass is 16.2. The number of rotatable bonds is 4. The fourth-order valence-corrected chi connectivity index (χ4v) is 2.27. The SMILES string of the molecule is CCN(C[C@@H]1CCCN(C)C1)C(=O)CN. The Kier molecular flexibility index (Phi) is 5.05. The van der Waals surface area contributed by atoms with E-state index in [1.54, 1.807) is 0 Å². The van der Waals surface area contributed by atoms with Gasteiger partial charge in [-0.2, -0.15) is 0 Å². The van der Waals surface area contributed by atoms with Crippen LogP contribution in [0.15, 0.2) is 0 Å². The molecule has 15 heavy (non-hydrogen) atoms. The van der Waals surface area contributed by atoms with E-state index >= 15 is 0 Å². The molecule has 1 fully saturated rings. The van der Waals surface area contributed by atoms with Gasteiger partial charge in [-0.25, -0.2) is 0 Å². The Labute approximate surface area is 92.4 Å². The summed E-state index contributed by atoms with van der Waals surface area (Å²) in [6.45, 7) is 6.09. The Hall–Kier alpha value is -0.610. The number of amides is 1. The highest BCUT2D eigenvalue weighted by molar-refractivity contribution is 5.77. The first-order valence-electron chi connectivity index (χ1n) is 5.83. The van der Waals surface area contributed by atoms with Gasteiger partial charge in [0, 0.05) is 19.6 Å². The molecule has 0 radical (unpaired) electrons. The lowest BCUT2D eigenvalue weighted by Crippen LogP contribution is -2.43. The van der Waals surface area contributed by atoms with Gasteiger partial charge in [0.2, 0.25) is 5.91 Å². The van der Waals surface area contributed by atoms with E-state index in [1.807, 2.05) is 11.8 Å². The van der Waals surface area contributed by atoms with Crippen LogP contribution in [0.3, 0.4) is 0 Å². The van der Waals surface area contributed by atoms with Gasteiger partial charge in [-0.3, -0.25) is 4.79 Å². The molecule has 0 aromatic carbocycles. The molecule has 0 bridgehead atoms. The van der Waals surface area contributed by atoms with E-state index in [0.29, 0.717) is 5.92 Å². The van der Waals surface area contributed by atoms with Crippen molar-refractivity contribution >= 4 is 5.91 Å². The average molecular weight is 213 g/mol. The maximum Gasteiger partial charge on any atom is 0.236 e. The lowest BCUT2D eigenvalue weighted by atomic mass is 9.98. The summed E-state index contributed by atoms with van der Waals surface area (Å²) in [5.41, 5.74) is 5.38. The van der Waals surface area contributed by atoms with E-state index in [4.69, 9.17) is 5.73 Å². The summed E-state index contributed by atoms with van der Waals surface area (Å²) in [4.78, 5) is 15.7. The number of likely N-dealkylation sites (N-methyl/N-ethyl adjacent to an activating group) is 1. The second-order valence-electron chi connectivity index (χ2n) is 4.41. The van der Waals surface area contributed by atoms with Crippen LogP contribution in [0, 0.1) is 5.92 Å². The topological polar surface area (TPSA) is 49.6 Å². The number of hydrogen-bond acceptors (Lipinski definition) is 3. The largest absolute Gasteiger partial charge is 0.342 e. The van der Waals surface area contributed by atoms with Crippen LogP contribution in [0.25, 0.3) is 0 Å². The number of nitrogens with two attached hydrogens (primary N) is 1. The summed E-state index contributed by atoms with van der Waals surface area (Å²) >= 11 is 0. The van der Waals surface area contributed by atoms with Gasteiger partial charge >= 0.3 is 0 Å². The zero-order valence-corrected chi connectivity index (χ0v) is 9.91. The average Bonchev–Trinajstić information content (AvgIpc) is 2.25. The van der Waals surface area contributed by atoms with Gasteiger partial charge in [0.05, 0.1) is 6.54 Å². The van der Waals surface area contributed by atoms with E-state index in [-0.39, 0.29) is 12.5 Å². The molecule has 0 aliphatic carbocycles. The van der Waals surface area contributed by atoms with Crippen molar-refractivity contribution in [1.29, 1.82) is 0 Å². The Morgan fingerprint density at radius 2 is 2.33 bits per heavy atom. The van der Waals surface area contributed by atoms with E-state index < -0.39 is 0 Å². The molecule has 1 aliphatic rings. The van der Waals surface area contributed by atoms with Crippen molar-refractivity contribution in [2.24, 2.45) is 11.7 Å². The van der Waals surface area contributed by atoms with Crippen LogP contribution in [0.2, 0.25) is 0 Å². The first-order valence-corrected chi connectivity index (χ1v) is 5.83. The van der Waals surface area contributed by atoms with Crippen molar-refractivity contribution in [3.63, 3.8) is 0 Å². The Bertz CT molecular complexity index is 208. The zero-order valence-electron chi connectivity index (χ0n) is 9.91. The molecule has 1 rings (SSSR count). The highest BCUT2D eigenvalue weighted by Crippen LogP contribution is 2.16. The van der Waals surface area contributed by atoms with Crippen molar-refractivity contribution in [2.75, 3.05) is 39.8 Å². The molecular weight excluding hydrogens is 190 g/mol. The van der Waals surface area contributed by atoms with Crippen LogP contribution < -0.4 is 5.73 Å². The van der Waals surface area contributed by atoms with Gasteiger partial charge in [0.1, 0.15) is 0 Å². The Morgan fingerprint density at radius 3 is 2.87 bits per heavy atom. The molecule has 0 spiro atoms. The maximum atomic E-state index is 11.5. The molecule has 0 saturated carbocycles. The van der Waals surface area contributed by atoms with Gasteiger partial charge in [-0.1, -0.05) is 0 Å². The van der Waals surface area contributed by atoms with Gasteiger partial charge in [0.15, 0.2) is 0 Å². The lowest BCUT2D eigenvalue weighted by molar-refractivity contribution is -0.130. The second kappa shape index (κ2) is 6.08. The Balaban J connectivity index is 2.40. The number of nitrogens with zero attached hydrogens (tertiary/aromatic N) is 2. The van der Waals surface area contributed by atoms with Crippen molar-refractivity contribution in [3.05, 3.63) is 0 Å². The molecule has 0 unspecified atom stereocenters. The van der Waals surface area contributed by atoms with E-state index in [9.17, 15) is 4.79 Å². The van der Waals surface area contributed by atoms with Crippen molar-refractivity contribution in [3.8, 4) is 0 Å². The summed E-state index contributed by atoms with van der Waals surface area (Å²) < 4.78 is 0. The lowest BCUT2D eigenvalue weighted by Gasteiger charge is -2.33. The standard InChI is InChI=1S/C11H23N3O/c1-3-14(11(15)7-12)9-10-5-4-6-13(2)8-10/h10H,3-9,12H2,1-2H3/t10-/m1/s1. The van der Waals surface area contributed by atoms with Crippen LogP contribution in [0.4, 0.5) is 0 Å². The molecule has 1 amide bonds. The first-order chi connectivity index (χ1) is 7.17. The van der Waals surface area contributed by atoms with Crippen LogP contribution >= 0.6 is 0 Å². The van der Waals surface area contributed by atoms with E-state index in [1.165, 1.54) is 19.4 Å². The van der Waals surface area contributed by atoms with E-state index in [2.05, 4.69) is 11.9 Å². The molecule has 4 nitrogen and oxygen atoms in total. The second-order valence-corrected chi connectivity index (χ2v) is 4.41. The third-order valence-corrected chi connectivity index (χ3v) is 3.11. The molecule has 88 valence electrons. The minimum Gasteiger partial charge on any atom is -0.342 e. The number of piperidine rings is 1. The third kappa shape index (κ3) is 3.80. The normalized spacial score (nSPS) is 22.7. The van der Waals surface area contributed by atoms with Crippen molar-refractivity contribution in [1.82, 2.24) is 9.80 Å². The van der Waals surface area contributed by atoms with Crippen LogP contribution in [-0.4, -0.2) is 55.5 Å². The number of carbonyl (C=O) groups is 1. The van der Waals surface area contributed by atoms with Gasteiger partial charge < -0.3 is 15.5 Å². The fourth-order valence-electron chi connectivity index (χ4n) is 2.27. The quantitative estimate of drug-likeness (QED) is 0.722. The monoisotopic (exact) mass is 213 g/mol. The predicted octanol–water partition coefficient (Wildman–Crippen LogP) is 0.135. The molecule has 4 heteroatoms. The zero-order chi connectivity index (χ0) is 11.3. The molecule has 1 aliphatic heterocycles. The van der Waals surface area contributed by atoms with Crippen molar-refractivity contribution in [2.45, 2.75) is 19.8 Å². The fraction of sp³-hybridized carbons (Fsp3) is 0.909. The maximum absolute atomic E-state index is 11.5. The molecule has 1 heterocycles. The van der Waals surface area contributed by atoms with Crippen molar-refractivity contribution < 1.29 is 4.79 Å². The van der Waals surface area contributed by atoms with Crippen LogP contribution in [-0.2, 0) is 4.79 Å². The highest BCUT2D eigenvalue weighted by Gasteiger charge is 2.21. The minimum atomic E-state index is 0.0747. The molecule has 2 N–H and O–H groups in total. The third-order valence-electron chi connectivity index (χ3n) is 3.11. The summed E-state index contributed by atoms with van der Waals surface area (Å²) in [5.74, 6) is 0.699. The summed E-state index contributed by atoms with van der Waals surface area (Å²) in [6, 6.07) is 0. The molecular formula is C11H23N3O. The van der Waals surface area contributed by atoms with E-state index in [0.717, 1.165) is 19.6 Å². The molecule has 1 saturated heterocycles. The number of hydrogen-bond donors (Lipinski definition) is 1. The number of likely N-dealkylation sites (tertiary alicyclic amines) is 1. The summed E-state index contributed by atoms with van der Waals surface area (Å²) in [6.07, 6.45) is 2.48. The van der Waals surface area contributed by atoms with Gasteiger partial charge in [-0.15, -0.1) is 0 Å². The first kappa shape index (κ1) is 12.5. The number of carbonyl (C=O) groups excluding carboxylic acids is 1. The summed E-state index contributed by atoms with van der Waals surface area (Å²) in [7, 11) is 2.15. The molecule has 0 aromatic heterocycles. The summed E-state index contributed by atoms with van der Waals surface area (Å²) in [5, 5.41) is 0. The smallest absolute Gasteiger partial charge is 0.236 e. The van der Waals surface area contributed by atoms with Crippen LogP contribution in [0.5, 0.6) is 0 Å². The van der Waals surface area contributed by atoms with Gasteiger partial charge in [0.25, 0.3) is 0 Å². The van der Waals surface area contributed by atoms with Gasteiger partial charge in [-0.05, 0) is 39.3 Å². The Morgan fingerprint density at radius 1 is 1.60 bits per heavy atom. The molecule has 0 aromatic rings. The molecule has 1 atom stereocenters. The predicted molar refractivity (Wildman–Crippen MR) is 61.5 cm³/mol. The van der Waals surface area contributed by atoms with Crippen LogP contribution in [0.1, 0.15) is 19.8 Å². The minimum absolute atomic E-state index is 0.0747.